The van der Waals surface area contributed by atoms with Crippen LogP contribution < -0.4 is 4.74 Å². The van der Waals surface area contributed by atoms with Crippen LogP contribution in [-0.2, 0) is 6.61 Å². The fourth-order valence-electron chi connectivity index (χ4n) is 2.57. The Morgan fingerprint density at radius 2 is 1.86 bits per heavy atom. The second-order valence-corrected chi connectivity index (χ2v) is 6.06. The lowest BCUT2D eigenvalue weighted by atomic mass is 10.1. The molecule has 0 aliphatic carbocycles. The number of carbonyl (C=O) groups is 1. The topological polar surface area (TPSA) is 26.3 Å². The van der Waals surface area contributed by atoms with Gasteiger partial charge in [0.05, 0.1) is 0 Å². The molecule has 21 heavy (non-hydrogen) atoms. The summed E-state index contributed by atoms with van der Waals surface area (Å²) in [5, 5.41) is 3.40. The second kappa shape index (κ2) is 5.70. The van der Waals surface area contributed by atoms with Crippen LogP contribution in [0.2, 0.25) is 0 Å². The highest BCUT2D eigenvalue weighted by atomic mass is 32.1. The minimum absolute atomic E-state index is 0.548. The lowest BCUT2D eigenvalue weighted by molar-refractivity contribution is 0.112. The Bertz CT molecular complexity index is 779. The van der Waals surface area contributed by atoms with Crippen molar-refractivity contribution < 1.29 is 9.53 Å². The number of thiophene rings is 1. The van der Waals surface area contributed by atoms with E-state index in [-0.39, 0.29) is 0 Å². The van der Waals surface area contributed by atoms with Gasteiger partial charge >= 0.3 is 0 Å². The molecule has 106 valence electrons. The number of ether oxygens (including phenoxy) is 1. The summed E-state index contributed by atoms with van der Waals surface area (Å²) < 4.78 is 7.29. The van der Waals surface area contributed by atoms with Crippen LogP contribution in [0.5, 0.6) is 5.75 Å². The molecule has 0 fully saturated rings. The number of fused-ring (bicyclic) bond motifs is 1. The van der Waals surface area contributed by atoms with Gasteiger partial charge < -0.3 is 4.74 Å². The van der Waals surface area contributed by atoms with Gasteiger partial charge in [-0.1, -0.05) is 18.2 Å². The van der Waals surface area contributed by atoms with Gasteiger partial charge in [-0.3, -0.25) is 4.79 Å². The first-order valence-electron chi connectivity index (χ1n) is 6.83. The number of aryl methyl sites for hydroxylation is 2. The van der Waals surface area contributed by atoms with Crippen molar-refractivity contribution in [3.63, 3.8) is 0 Å². The molecular weight excluding hydrogens is 280 g/mol. The number of carbonyl (C=O) groups excluding carboxylic acids is 1. The Morgan fingerprint density at radius 1 is 1.14 bits per heavy atom. The fraction of sp³-hybridized carbons (Fsp3) is 0.167. The monoisotopic (exact) mass is 296 g/mol. The summed E-state index contributed by atoms with van der Waals surface area (Å²) in [4.78, 5) is 10.9. The number of aldehydes is 1. The number of hydrogen-bond donors (Lipinski definition) is 0. The molecular formula is C18H16O2S. The maximum absolute atomic E-state index is 10.9. The van der Waals surface area contributed by atoms with Gasteiger partial charge in [-0.2, -0.15) is 0 Å². The largest absolute Gasteiger partial charge is 0.488 e. The van der Waals surface area contributed by atoms with Gasteiger partial charge in [0, 0.05) is 15.8 Å². The highest BCUT2D eigenvalue weighted by Crippen LogP contribution is 2.29. The van der Waals surface area contributed by atoms with Gasteiger partial charge in [0.15, 0.2) is 0 Å². The van der Waals surface area contributed by atoms with E-state index in [2.05, 4.69) is 23.6 Å². The molecule has 1 heterocycles. The van der Waals surface area contributed by atoms with Crippen molar-refractivity contribution in [1.82, 2.24) is 0 Å². The zero-order valence-electron chi connectivity index (χ0n) is 12.1. The summed E-state index contributed by atoms with van der Waals surface area (Å²) in [5.74, 6) is 0.871. The van der Waals surface area contributed by atoms with E-state index >= 15 is 0 Å². The van der Waals surface area contributed by atoms with Gasteiger partial charge in [0.1, 0.15) is 18.6 Å². The highest BCUT2D eigenvalue weighted by molar-refractivity contribution is 7.17. The Kier molecular flexibility index (Phi) is 3.76. The predicted octanol–water partition coefficient (Wildman–Crippen LogP) is 4.91. The molecule has 0 unspecified atom stereocenters. The van der Waals surface area contributed by atoms with Crippen molar-refractivity contribution in [3.8, 4) is 5.75 Å². The average molecular weight is 296 g/mol. The van der Waals surface area contributed by atoms with Crippen LogP contribution in [0.4, 0.5) is 0 Å². The fourth-order valence-corrected chi connectivity index (χ4v) is 3.52. The number of hydrogen-bond acceptors (Lipinski definition) is 3. The van der Waals surface area contributed by atoms with Gasteiger partial charge in [-0.15, -0.1) is 11.3 Å². The minimum atomic E-state index is 0.548. The van der Waals surface area contributed by atoms with Crippen LogP contribution in [-0.4, -0.2) is 6.29 Å². The van der Waals surface area contributed by atoms with E-state index in [0.717, 1.165) is 23.2 Å². The van der Waals surface area contributed by atoms with E-state index in [0.29, 0.717) is 12.2 Å². The van der Waals surface area contributed by atoms with E-state index in [4.69, 9.17) is 4.74 Å². The summed E-state index contributed by atoms with van der Waals surface area (Å²) in [6.07, 6.45) is 0.871. The first kappa shape index (κ1) is 13.8. The molecule has 0 saturated heterocycles. The van der Waals surface area contributed by atoms with Crippen molar-refractivity contribution >= 4 is 27.7 Å². The summed E-state index contributed by atoms with van der Waals surface area (Å²) in [6.45, 7) is 4.49. The molecule has 0 bridgehead atoms. The normalized spacial score (nSPS) is 10.8. The average Bonchev–Trinajstić information content (AvgIpc) is 2.89. The van der Waals surface area contributed by atoms with Crippen LogP contribution in [0.15, 0.2) is 41.8 Å². The molecule has 0 atom stereocenters. The SMILES string of the molecule is Cc1cc(C=O)cc(C)c1OCc1csc2ccccc12. The van der Waals surface area contributed by atoms with Crippen molar-refractivity contribution in [2.45, 2.75) is 20.5 Å². The van der Waals surface area contributed by atoms with E-state index < -0.39 is 0 Å². The van der Waals surface area contributed by atoms with Crippen molar-refractivity contribution in [3.05, 3.63) is 64.0 Å². The molecule has 3 aromatic rings. The molecule has 0 aliphatic heterocycles. The second-order valence-electron chi connectivity index (χ2n) is 5.15. The Labute approximate surface area is 128 Å². The van der Waals surface area contributed by atoms with E-state index in [1.54, 1.807) is 11.3 Å². The predicted molar refractivity (Wildman–Crippen MR) is 87.5 cm³/mol. The Balaban J connectivity index is 1.86. The maximum atomic E-state index is 10.9. The summed E-state index contributed by atoms with van der Waals surface area (Å²) >= 11 is 1.74. The third-order valence-corrected chi connectivity index (χ3v) is 4.56. The molecule has 0 radical (unpaired) electrons. The van der Waals surface area contributed by atoms with Crippen LogP contribution in [0.3, 0.4) is 0 Å². The minimum Gasteiger partial charge on any atom is -0.488 e. The number of benzene rings is 2. The molecule has 0 spiro atoms. The van der Waals surface area contributed by atoms with Crippen LogP contribution in [0, 0.1) is 13.8 Å². The zero-order chi connectivity index (χ0) is 14.8. The molecule has 2 nitrogen and oxygen atoms in total. The molecule has 1 aromatic heterocycles. The van der Waals surface area contributed by atoms with Crippen LogP contribution in [0.1, 0.15) is 27.0 Å². The first-order chi connectivity index (χ1) is 10.2. The van der Waals surface area contributed by atoms with E-state index in [1.165, 1.54) is 15.6 Å². The first-order valence-corrected chi connectivity index (χ1v) is 7.71. The van der Waals surface area contributed by atoms with Crippen LogP contribution >= 0.6 is 11.3 Å². The highest BCUT2D eigenvalue weighted by Gasteiger charge is 2.09. The van der Waals surface area contributed by atoms with Crippen molar-refractivity contribution in [1.29, 1.82) is 0 Å². The standard InChI is InChI=1S/C18H16O2S/c1-12-7-14(9-19)8-13(2)18(12)20-10-15-11-21-17-6-4-3-5-16(15)17/h3-9,11H,10H2,1-2H3. The van der Waals surface area contributed by atoms with Gasteiger partial charge in [-0.05, 0) is 53.9 Å². The van der Waals surface area contributed by atoms with Gasteiger partial charge in [0.2, 0.25) is 0 Å². The summed E-state index contributed by atoms with van der Waals surface area (Å²) in [7, 11) is 0. The smallest absolute Gasteiger partial charge is 0.150 e. The maximum Gasteiger partial charge on any atom is 0.150 e. The zero-order valence-corrected chi connectivity index (χ0v) is 12.9. The Morgan fingerprint density at radius 3 is 2.57 bits per heavy atom. The molecule has 0 amide bonds. The van der Waals surface area contributed by atoms with Gasteiger partial charge in [0.25, 0.3) is 0 Å². The van der Waals surface area contributed by atoms with Crippen molar-refractivity contribution in [2.75, 3.05) is 0 Å². The summed E-state index contributed by atoms with van der Waals surface area (Å²) in [5.41, 5.74) is 3.89. The summed E-state index contributed by atoms with van der Waals surface area (Å²) in [6, 6.07) is 12.1. The van der Waals surface area contributed by atoms with Crippen molar-refractivity contribution in [2.24, 2.45) is 0 Å². The lowest BCUT2D eigenvalue weighted by Crippen LogP contribution is -1.99. The molecule has 3 rings (SSSR count). The molecule has 3 heteroatoms. The van der Waals surface area contributed by atoms with E-state index in [9.17, 15) is 4.79 Å². The lowest BCUT2D eigenvalue weighted by Gasteiger charge is -2.12. The number of rotatable bonds is 4. The molecule has 2 aromatic carbocycles. The molecule has 0 aliphatic rings. The molecule has 0 saturated carbocycles. The Hall–Kier alpha value is -2.13. The quantitative estimate of drug-likeness (QED) is 0.639. The van der Waals surface area contributed by atoms with Crippen LogP contribution in [0.25, 0.3) is 10.1 Å². The molecule has 0 N–H and O–H groups in total. The third kappa shape index (κ3) is 2.69. The third-order valence-electron chi connectivity index (χ3n) is 3.55. The van der Waals surface area contributed by atoms with Gasteiger partial charge in [-0.25, -0.2) is 0 Å². The van der Waals surface area contributed by atoms with E-state index in [1.807, 2.05) is 32.0 Å².